The summed E-state index contributed by atoms with van der Waals surface area (Å²) in [5.74, 6) is 0.289. The molecule has 1 fully saturated rings. The summed E-state index contributed by atoms with van der Waals surface area (Å²) in [6.07, 6.45) is -1.43. The fourth-order valence-corrected chi connectivity index (χ4v) is 4.77. The summed E-state index contributed by atoms with van der Waals surface area (Å²) in [6.45, 7) is 8.45. The van der Waals surface area contributed by atoms with Gasteiger partial charge in [0.05, 0.1) is 11.1 Å². The fraction of sp³-hybridized carbons (Fsp3) is 0.500. The van der Waals surface area contributed by atoms with Crippen molar-refractivity contribution in [3.63, 3.8) is 0 Å². The smallest absolute Gasteiger partial charge is 0.410 e. The predicted octanol–water partition coefficient (Wildman–Crippen LogP) is 5.17. The van der Waals surface area contributed by atoms with Crippen molar-refractivity contribution in [3.8, 4) is 0 Å². The molecule has 38 heavy (non-hydrogen) atoms. The molecule has 4 rings (SSSR count). The lowest BCUT2D eigenvalue weighted by Crippen LogP contribution is -2.49. The first-order valence-corrected chi connectivity index (χ1v) is 12.5. The second kappa shape index (κ2) is 9.97. The van der Waals surface area contributed by atoms with Gasteiger partial charge in [0, 0.05) is 25.0 Å². The molecular weight excluding hydrogens is 501 g/mol. The Morgan fingerprint density at radius 1 is 1.18 bits per heavy atom. The minimum atomic E-state index is -4.55. The summed E-state index contributed by atoms with van der Waals surface area (Å²) in [5.41, 5.74) is 4.93. The summed E-state index contributed by atoms with van der Waals surface area (Å²) in [5, 5.41) is 8.21. The van der Waals surface area contributed by atoms with E-state index in [9.17, 15) is 22.8 Å². The molecule has 3 aromatic rings. The number of piperidine rings is 1. The third-order valence-corrected chi connectivity index (χ3v) is 6.94. The number of alkyl halides is 3. The lowest BCUT2D eigenvalue weighted by molar-refractivity contribution is -0.149. The minimum Gasteiger partial charge on any atom is -0.444 e. The first-order chi connectivity index (χ1) is 17.7. The van der Waals surface area contributed by atoms with Crippen LogP contribution in [0.3, 0.4) is 0 Å². The largest absolute Gasteiger partial charge is 0.444 e. The summed E-state index contributed by atoms with van der Waals surface area (Å²) < 4.78 is 46.3. The van der Waals surface area contributed by atoms with Crippen molar-refractivity contribution >= 4 is 28.5 Å². The number of ether oxygens (including phenoxy) is 1. The molecule has 1 saturated heterocycles. The molecule has 1 aliphatic rings. The molecule has 3 heterocycles. The molecule has 1 atom stereocenters. The van der Waals surface area contributed by atoms with Crippen molar-refractivity contribution in [1.82, 2.24) is 19.7 Å². The van der Waals surface area contributed by atoms with E-state index in [0.29, 0.717) is 48.9 Å². The van der Waals surface area contributed by atoms with Crippen LogP contribution in [0.25, 0.3) is 10.9 Å². The van der Waals surface area contributed by atoms with Crippen LogP contribution in [0.1, 0.15) is 58.6 Å². The Bertz CT molecular complexity index is 1350. The Kier molecular flexibility index (Phi) is 7.21. The van der Waals surface area contributed by atoms with Crippen molar-refractivity contribution in [2.24, 2.45) is 5.73 Å². The van der Waals surface area contributed by atoms with Crippen LogP contribution in [0.2, 0.25) is 0 Å². The van der Waals surface area contributed by atoms with Crippen LogP contribution in [0.4, 0.5) is 29.5 Å². The van der Waals surface area contributed by atoms with E-state index < -0.39 is 23.4 Å². The van der Waals surface area contributed by atoms with Gasteiger partial charge in [-0.25, -0.2) is 4.79 Å². The van der Waals surface area contributed by atoms with Gasteiger partial charge in [0.1, 0.15) is 17.0 Å². The van der Waals surface area contributed by atoms with Gasteiger partial charge in [0.2, 0.25) is 0 Å². The molecule has 0 saturated carbocycles. The number of aromatic nitrogens is 3. The van der Waals surface area contributed by atoms with Crippen molar-refractivity contribution in [2.75, 3.05) is 18.4 Å². The molecule has 0 spiro atoms. The van der Waals surface area contributed by atoms with Crippen LogP contribution in [-0.2, 0) is 10.3 Å². The summed E-state index contributed by atoms with van der Waals surface area (Å²) in [7, 11) is 0. The van der Waals surface area contributed by atoms with E-state index in [1.54, 1.807) is 17.2 Å². The van der Waals surface area contributed by atoms with Gasteiger partial charge < -0.3 is 25.7 Å². The standard InChI is InChI=1S/C26H33F3N6O3/c1-5-25(11-14-34(15-12-25)23(37)38-24(2,3)4)35-18-10-13-31-22(36)19(18)21(33-35)32-17-8-6-16(7-9-17)20(30)26(27,28)29/h6-10,13,20H,5,11-12,14-15,30H2,1-4H3,(H,31,36)(H,32,33). The third kappa shape index (κ3) is 5.50. The molecular formula is C26H33F3N6O3. The third-order valence-electron chi connectivity index (χ3n) is 6.94. The van der Waals surface area contributed by atoms with Gasteiger partial charge in [-0.15, -0.1) is 0 Å². The van der Waals surface area contributed by atoms with Crippen LogP contribution < -0.4 is 16.6 Å². The number of anilines is 2. The van der Waals surface area contributed by atoms with Crippen LogP contribution in [0, 0.1) is 0 Å². The Hall–Kier alpha value is -3.54. The maximum absolute atomic E-state index is 13.0. The lowest BCUT2D eigenvalue weighted by atomic mass is 9.85. The Morgan fingerprint density at radius 3 is 2.37 bits per heavy atom. The summed E-state index contributed by atoms with van der Waals surface area (Å²) >= 11 is 0. The van der Waals surface area contributed by atoms with E-state index in [1.807, 2.05) is 32.4 Å². The lowest BCUT2D eigenvalue weighted by Gasteiger charge is -2.42. The molecule has 0 bridgehead atoms. The van der Waals surface area contributed by atoms with Gasteiger partial charge in [0.25, 0.3) is 5.56 Å². The molecule has 4 N–H and O–H groups in total. The minimum absolute atomic E-state index is 0.0713. The van der Waals surface area contributed by atoms with Crippen molar-refractivity contribution in [2.45, 2.75) is 70.3 Å². The number of nitrogens with one attached hydrogen (secondary N) is 2. The van der Waals surface area contributed by atoms with E-state index in [2.05, 4.69) is 10.3 Å². The average Bonchev–Trinajstić information content (AvgIpc) is 3.22. The molecule has 1 aromatic carbocycles. The number of nitrogens with zero attached hydrogens (tertiary/aromatic N) is 3. The molecule has 1 unspecified atom stereocenters. The van der Waals surface area contributed by atoms with Crippen LogP contribution in [0.5, 0.6) is 0 Å². The number of rotatable bonds is 5. The Labute approximate surface area is 218 Å². The Morgan fingerprint density at radius 2 is 1.82 bits per heavy atom. The zero-order valence-corrected chi connectivity index (χ0v) is 21.9. The number of nitrogens with two attached hydrogens (primary N) is 1. The Balaban J connectivity index is 1.63. The van der Waals surface area contributed by atoms with Gasteiger partial charge in [-0.3, -0.25) is 9.48 Å². The summed E-state index contributed by atoms with van der Waals surface area (Å²) in [4.78, 5) is 29.8. The first kappa shape index (κ1) is 27.5. The maximum Gasteiger partial charge on any atom is 0.410 e. The van der Waals surface area contributed by atoms with Crippen molar-refractivity contribution in [1.29, 1.82) is 0 Å². The van der Waals surface area contributed by atoms with Gasteiger partial charge in [-0.05, 0) is 63.8 Å². The molecule has 9 nitrogen and oxygen atoms in total. The number of H-pyrrole nitrogens is 1. The number of hydrogen-bond donors (Lipinski definition) is 3. The van der Waals surface area contributed by atoms with Crippen LogP contribution >= 0.6 is 0 Å². The highest BCUT2D eigenvalue weighted by atomic mass is 19.4. The van der Waals surface area contributed by atoms with E-state index in [1.165, 1.54) is 24.3 Å². The highest BCUT2D eigenvalue weighted by Crippen LogP contribution is 2.38. The number of benzene rings is 1. The number of carbonyl (C=O) groups is 1. The molecule has 2 aromatic heterocycles. The monoisotopic (exact) mass is 534 g/mol. The van der Waals surface area contributed by atoms with Crippen molar-refractivity contribution < 1.29 is 22.7 Å². The van der Waals surface area contributed by atoms with Crippen LogP contribution in [0.15, 0.2) is 41.3 Å². The topological polar surface area (TPSA) is 118 Å². The molecule has 1 amide bonds. The SMILES string of the molecule is CCC1(n2nc(Nc3ccc(C(N)C(F)(F)F)cc3)c3c(=O)[nH]ccc32)CCN(C(=O)OC(C)(C)C)CC1. The fourth-order valence-electron chi connectivity index (χ4n) is 4.77. The van der Waals surface area contributed by atoms with Crippen molar-refractivity contribution in [3.05, 3.63) is 52.4 Å². The zero-order valence-electron chi connectivity index (χ0n) is 21.9. The number of carbonyl (C=O) groups excluding carboxylic acids is 1. The van der Waals surface area contributed by atoms with E-state index >= 15 is 0 Å². The van der Waals surface area contributed by atoms with Gasteiger partial charge in [-0.1, -0.05) is 19.1 Å². The van der Waals surface area contributed by atoms with Gasteiger partial charge >= 0.3 is 12.3 Å². The predicted molar refractivity (Wildman–Crippen MR) is 138 cm³/mol. The number of amides is 1. The van der Waals surface area contributed by atoms with E-state index in [-0.39, 0.29) is 23.0 Å². The zero-order chi connectivity index (χ0) is 27.9. The second-order valence-electron chi connectivity index (χ2n) is 10.6. The summed E-state index contributed by atoms with van der Waals surface area (Å²) in [6, 6.07) is 5.22. The number of hydrogen-bond acceptors (Lipinski definition) is 6. The maximum atomic E-state index is 13.0. The molecule has 0 radical (unpaired) electrons. The highest BCUT2D eigenvalue weighted by Gasteiger charge is 2.40. The molecule has 0 aliphatic carbocycles. The van der Waals surface area contributed by atoms with Gasteiger partial charge in [0.15, 0.2) is 5.82 Å². The normalized spacial score (nSPS) is 16.9. The second-order valence-corrected chi connectivity index (χ2v) is 10.6. The number of fused-ring (bicyclic) bond motifs is 1. The quantitative estimate of drug-likeness (QED) is 0.416. The molecule has 12 heteroatoms. The number of likely N-dealkylation sites (tertiary alicyclic amines) is 1. The average molecular weight is 535 g/mol. The molecule has 206 valence electrons. The number of aromatic amines is 1. The van der Waals surface area contributed by atoms with E-state index in [4.69, 9.17) is 15.6 Å². The van der Waals surface area contributed by atoms with Gasteiger partial charge in [-0.2, -0.15) is 18.3 Å². The first-order valence-electron chi connectivity index (χ1n) is 12.5. The number of halogens is 3. The highest BCUT2D eigenvalue weighted by molar-refractivity contribution is 5.91. The van der Waals surface area contributed by atoms with E-state index in [0.717, 1.165) is 0 Å². The van der Waals surface area contributed by atoms with Crippen LogP contribution in [-0.4, -0.2) is 50.6 Å². The molecule has 1 aliphatic heterocycles. The number of pyridine rings is 1.